The fourth-order valence-electron chi connectivity index (χ4n) is 4.00. The van der Waals surface area contributed by atoms with E-state index in [4.69, 9.17) is 4.42 Å². The Hall–Kier alpha value is -1.81. The van der Waals surface area contributed by atoms with Gasteiger partial charge in [0.25, 0.3) is 5.91 Å². The number of carbonyl (C=O) groups excluding carboxylic acids is 1. The normalized spacial score (nSPS) is 27.3. The number of furan rings is 1. The van der Waals surface area contributed by atoms with Gasteiger partial charge in [-0.1, -0.05) is 18.2 Å². The fraction of sp³-hybridized carbons (Fsp3) is 0.500. The quantitative estimate of drug-likeness (QED) is 0.926. The summed E-state index contributed by atoms with van der Waals surface area (Å²) in [6.45, 7) is 2.01. The predicted molar refractivity (Wildman–Crippen MR) is 86.0 cm³/mol. The molecule has 2 saturated heterocycles. The van der Waals surface area contributed by atoms with Crippen molar-refractivity contribution in [1.82, 2.24) is 10.2 Å². The first-order valence-corrected chi connectivity index (χ1v) is 8.14. The first-order chi connectivity index (χ1) is 10.6. The lowest BCUT2D eigenvalue weighted by atomic mass is 9.98. The molecule has 4 nitrogen and oxygen atoms in total. The number of amides is 1. The van der Waals surface area contributed by atoms with Crippen molar-refractivity contribution in [2.75, 3.05) is 7.05 Å². The van der Waals surface area contributed by atoms with Crippen LogP contribution < -0.4 is 5.32 Å². The lowest BCUT2D eigenvalue weighted by molar-refractivity contribution is 0.0652. The first-order valence-electron chi connectivity index (χ1n) is 8.14. The third kappa shape index (κ3) is 2.22. The zero-order chi connectivity index (χ0) is 15.3. The summed E-state index contributed by atoms with van der Waals surface area (Å²) < 4.78 is 5.84. The van der Waals surface area contributed by atoms with Gasteiger partial charge in [0.1, 0.15) is 5.58 Å². The average Bonchev–Trinajstić information content (AvgIpc) is 3.10. The summed E-state index contributed by atoms with van der Waals surface area (Å²) in [5.74, 6) is 0.458. The second-order valence-electron chi connectivity index (χ2n) is 6.78. The number of piperidine rings is 1. The van der Waals surface area contributed by atoms with E-state index >= 15 is 0 Å². The fourth-order valence-corrected chi connectivity index (χ4v) is 4.00. The molecule has 1 N–H and O–H groups in total. The van der Waals surface area contributed by atoms with Crippen LogP contribution in [-0.4, -0.2) is 36.0 Å². The van der Waals surface area contributed by atoms with Crippen molar-refractivity contribution in [1.29, 1.82) is 0 Å². The molecule has 116 valence electrons. The summed E-state index contributed by atoms with van der Waals surface area (Å²) in [7, 11) is 1.91. The van der Waals surface area contributed by atoms with E-state index < -0.39 is 0 Å². The Balaban J connectivity index is 1.58. The molecule has 1 amide bonds. The first kappa shape index (κ1) is 13.8. The summed E-state index contributed by atoms with van der Waals surface area (Å²) in [6, 6.07) is 9.35. The van der Waals surface area contributed by atoms with Crippen molar-refractivity contribution in [2.24, 2.45) is 0 Å². The molecule has 2 bridgehead atoms. The van der Waals surface area contributed by atoms with Gasteiger partial charge < -0.3 is 14.6 Å². The van der Waals surface area contributed by atoms with Gasteiger partial charge in [-0.2, -0.15) is 0 Å². The highest BCUT2D eigenvalue weighted by Crippen LogP contribution is 2.30. The molecule has 22 heavy (non-hydrogen) atoms. The standard InChI is InChI=1S/C18H22N2O2/c1-11-4-3-5-12-8-16(22-17(11)12)18(21)20(2)15-9-13-6-7-14(10-15)19-13/h3-5,8,13-15,19H,6-7,9-10H2,1-2H3. The Morgan fingerprint density at radius 2 is 2.00 bits per heavy atom. The third-order valence-corrected chi connectivity index (χ3v) is 5.27. The molecule has 0 aliphatic carbocycles. The van der Waals surface area contributed by atoms with Crippen LogP contribution in [0.2, 0.25) is 0 Å². The minimum Gasteiger partial charge on any atom is -0.451 e. The van der Waals surface area contributed by atoms with Crippen LogP contribution in [0.25, 0.3) is 11.0 Å². The highest BCUT2D eigenvalue weighted by Gasteiger charge is 2.37. The van der Waals surface area contributed by atoms with Gasteiger partial charge in [0, 0.05) is 30.6 Å². The van der Waals surface area contributed by atoms with Crippen molar-refractivity contribution in [3.8, 4) is 0 Å². The zero-order valence-electron chi connectivity index (χ0n) is 13.1. The molecule has 2 fully saturated rings. The number of nitrogens with zero attached hydrogens (tertiary/aromatic N) is 1. The van der Waals surface area contributed by atoms with E-state index in [1.54, 1.807) is 0 Å². The Bertz CT molecular complexity index is 709. The summed E-state index contributed by atoms with van der Waals surface area (Å²) in [6.07, 6.45) is 4.59. The molecule has 1 aromatic heterocycles. The van der Waals surface area contributed by atoms with Gasteiger partial charge in [-0.3, -0.25) is 4.79 Å². The van der Waals surface area contributed by atoms with Crippen LogP contribution in [0.15, 0.2) is 28.7 Å². The molecule has 3 heterocycles. The second kappa shape index (κ2) is 5.13. The van der Waals surface area contributed by atoms with Gasteiger partial charge in [-0.15, -0.1) is 0 Å². The van der Waals surface area contributed by atoms with Crippen molar-refractivity contribution in [2.45, 2.75) is 50.7 Å². The number of fused-ring (bicyclic) bond motifs is 3. The van der Waals surface area contributed by atoms with E-state index in [-0.39, 0.29) is 5.91 Å². The summed E-state index contributed by atoms with van der Waals surface area (Å²) in [4.78, 5) is 14.7. The Morgan fingerprint density at radius 1 is 1.27 bits per heavy atom. The van der Waals surface area contributed by atoms with Crippen molar-refractivity contribution < 1.29 is 9.21 Å². The Morgan fingerprint density at radius 3 is 2.68 bits per heavy atom. The number of aryl methyl sites for hydroxylation is 1. The predicted octanol–water partition coefficient (Wildman–Crippen LogP) is 3.10. The average molecular weight is 298 g/mol. The molecule has 2 aromatic rings. The Kier molecular flexibility index (Phi) is 3.22. The van der Waals surface area contributed by atoms with Gasteiger partial charge in [0.05, 0.1) is 0 Å². The highest BCUT2D eigenvalue weighted by molar-refractivity contribution is 5.96. The monoisotopic (exact) mass is 298 g/mol. The molecule has 0 radical (unpaired) electrons. The lowest BCUT2D eigenvalue weighted by Gasteiger charge is -2.35. The number of carbonyl (C=O) groups is 1. The maximum absolute atomic E-state index is 12.8. The molecule has 4 heteroatoms. The summed E-state index contributed by atoms with van der Waals surface area (Å²) in [5.41, 5.74) is 1.89. The molecular weight excluding hydrogens is 276 g/mol. The van der Waals surface area contributed by atoms with Gasteiger partial charge in [0.15, 0.2) is 5.76 Å². The van der Waals surface area contributed by atoms with Crippen LogP contribution in [-0.2, 0) is 0 Å². The van der Waals surface area contributed by atoms with Crippen molar-refractivity contribution >= 4 is 16.9 Å². The number of benzene rings is 1. The Labute approximate surface area is 130 Å². The van der Waals surface area contributed by atoms with E-state index in [1.165, 1.54) is 12.8 Å². The molecule has 0 spiro atoms. The zero-order valence-corrected chi connectivity index (χ0v) is 13.1. The molecular formula is C18H22N2O2. The number of hydrogen-bond donors (Lipinski definition) is 1. The van der Waals surface area contributed by atoms with Crippen LogP contribution >= 0.6 is 0 Å². The molecule has 2 atom stereocenters. The maximum atomic E-state index is 12.8. The molecule has 4 rings (SSSR count). The van der Waals surface area contributed by atoms with Crippen LogP contribution in [0.1, 0.15) is 41.8 Å². The molecule has 2 aliphatic rings. The highest BCUT2D eigenvalue weighted by atomic mass is 16.3. The molecule has 0 saturated carbocycles. The van der Waals surface area contributed by atoms with Crippen LogP contribution in [0.5, 0.6) is 0 Å². The van der Waals surface area contributed by atoms with E-state index in [9.17, 15) is 4.79 Å². The number of hydrogen-bond acceptors (Lipinski definition) is 3. The molecule has 2 aliphatic heterocycles. The van der Waals surface area contributed by atoms with Crippen LogP contribution in [0.4, 0.5) is 0 Å². The topological polar surface area (TPSA) is 45.5 Å². The second-order valence-corrected chi connectivity index (χ2v) is 6.78. The number of para-hydroxylation sites is 1. The molecule has 2 unspecified atom stereocenters. The van der Waals surface area contributed by atoms with Gasteiger partial charge in [-0.25, -0.2) is 0 Å². The van der Waals surface area contributed by atoms with Gasteiger partial charge in [0.2, 0.25) is 0 Å². The number of rotatable bonds is 2. The van der Waals surface area contributed by atoms with E-state index in [0.717, 1.165) is 29.4 Å². The molecule has 1 aromatic carbocycles. The number of nitrogens with one attached hydrogen (secondary N) is 1. The van der Waals surface area contributed by atoms with E-state index in [0.29, 0.717) is 23.9 Å². The lowest BCUT2D eigenvalue weighted by Crippen LogP contribution is -2.48. The maximum Gasteiger partial charge on any atom is 0.289 e. The minimum atomic E-state index is 0.00176. The van der Waals surface area contributed by atoms with Gasteiger partial charge in [-0.05, 0) is 44.2 Å². The van der Waals surface area contributed by atoms with Crippen LogP contribution in [0, 0.1) is 6.92 Å². The third-order valence-electron chi connectivity index (χ3n) is 5.27. The van der Waals surface area contributed by atoms with Crippen LogP contribution in [0.3, 0.4) is 0 Å². The van der Waals surface area contributed by atoms with Crippen molar-refractivity contribution in [3.63, 3.8) is 0 Å². The van der Waals surface area contributed by atoms with Crippen molar-refractivity contribution in [3.05, 3.63) is 35.6 Å². The van der Waals surface area contributed by atoms with E-state index in [1.807, 2.05) is 43.1 Å². The van der Waals surface area contributed by atoms with E-state index in [2.05, 4.69) is 5.32 Å². The smallest absolute Gasteiger partial charge is 0.289 e. The summed E-state index contributed by atoms with van der Waals surface area (Å²) >= 11 is 0. The summed E-state index contributed by atoms with van der Waals surface area (Å²) in [5, 5.41) is 4.62. The minimum absolute atomic E-state index is 0.00176. The van der Waals surface area contributed by atoms with Gasteiger partial charge >= 0.3 is 0 Å². The SMILES string of the molecule is Cc1cccc2cc(C(=O)N(C)C3CC4CCC(C3)N4)oc12. The largest absolute Gasteiger partial charge is 0.451 e.